The van der Waals surface area contributed by atoms with E-state index in [9.17, 15) is 14.9 Å². The van der Waals surface area contributed by atoms with Crippen molar-refractivity contribution in [3.8, 4) is 0 Å². The summed E-state index contributed by atoms with van der Waals surface area (Å²) in [5.74, 6) is 0. The largest absolute Gasteiger partial charge is 0.443 e. The number of hydrogen-bond donors (Lipinski definition) is 0. The third kappa shape index (κ3) is 2.70. The molecule has 0 saturated heterocycles. The first kappa shape index (κ1) is 13.0. The zero-order valence-electron chi connectivity index (χ0n) is 10.8. The molecule has 0 fully saturated rings. The number of aromatic nitrogens is 2. The van der Waals surface area contributed by atoms with Gasteiger partial charge >= 0.3 is 6.09 Å². The molecule has 2 aromatic rings. The number of rotatable bonds is 1. The second-order valence-corrected chi connectivity index (χ2v) is 5.03. The monoisotopic (exact) mass is 263 g/mol. The second-order valence-electron chi connectivity index (χ2n) is 5.03. The molecule has 0 spiro atoms. The van der Waals surface area contributed by atoms with Crippen molar-refractivity contribution in [2.75, 3.05) is 0 Å². The van der Waals surface area contributed by atoms with Crippen molar-refractivity contribution >= 4 is 22.8 Å². The molecule has 0 aliphatic carbocycles. The van der Waals surface area contributed by atoms with Gasteiger partial charge in [0, 0.05) is 17.6 Å². The summed E-state index contributed by atoms with van der Waals surface area (Å²) in [7, 11) is 0. The number of carbonyl (C=O) groups is 1. The lowest BCUT2D eigenvalue weighted by molar-refractivity contribution is -0.385. The topological polar surface area (TPSA) is 87.3 Å². The van der Waals surface area contributed by atoms with E-state index in [0.29, 0.717) is 11.0 Å². The maximum absolute atomic E-state index is 11.9. The van der Waals surface area contributed by atoms with E-state index in [1.165, 1.54) is 16.8 Å². The lowest BCUT2D eigenvalue weighted by Crippen LogP contribution is -2.26. The van der Waals surface area contributed by atoms with Crippen LogP contribution >= 0.6 is 0 Å². The predicted octanol–water partition coefficient (Wildman–Crippen LogP) is 2.73. The molecule has 0 aliphatic heterocycles. The average Bonchev–Trinajstić information content (AvgIpc) is 2.68. The predicted molar refractivity (Wildman–Crippen MR) is 68.0 cm³/mol. The van der Waals surface area contributed by atoms with Crippen molar-refractivity contribution in [2.24, 2.45) is 0 Å². The molecular formula is C12H13N3O4. The van der Waals surface area contributed by atoms with Crippen molar-refractivity contribution < 1.29 is 14.5 Å². The van der Waals surface area contributed by atoms with Crippen LogP contribution in [0.5, 0.6) is 0 Å². The van der Waals surface area contributed by atoms with E-state index >= 15 is 0 Å². The molecule has 0 saturated carbocycles. The summed E-state index contributed by atoms with van der Waals surface area (Å²) in [6.45, 7) is 5.28. The first-order valence-corrected chi connectivity index (χ1v) is 5.63. The molecule has 2 heterocycles. The van der Waals surface area contributed by atoms with Crippen molar-refractivity contribution in [1.29, 1.82) is 0 Å². The van der Waals surface area contributed by atoms with Crippen LogP contribution in [0.1, 0.15) is 20.8 Å². The van der Waals surface area contributed by atoms with Gasteiger partial charge in [-0.1, -0.05) is 0 Å². The van der Waals surface area contributed by atoms with E-state index in [4.69, 9.17) is 4.74 Å². The number of carbonyl (C=O) groups excluding carboxylic acids is 1. The molecule has 19 heavy (non-hydrogen) atoms. The van der Waals surface area contributed by atoms with E-state index in [0.717, 1.165) is 6.20 Å². The lowest BCUT2D eigenvalue weighted by atomic mass is 10.2. The quantitative estimate of drug-likeness (QED) is 0.583. The highest BCUT2D eigenvalue weighted by atomic mass is 16.6. The van der Waals surface area contributed by atoms with Gasteiger partial charge < -0.3 is 4.74 Å². The third-order valence-electron chi connectivity index (χ3n) is 2.31. The van der Waals surface area contributed by atoms with Crippen LogP contribution in [0, 0.1) is 10.1 Å². The number of fused-ring (bicyclic) bond motifs is 1. The van der Waals surface area contributed by atoms with Crippen LogP contribution in [0.15, 0.2) is 24.5 Å². The molecule has 0 amide bonds. The zero-order valence-corrected chi connectivity index (χ0v) is 10.8. The van der Waals surface area contributed by atoms with Crippen LogP contribution in [0.4, 0.5) is 10.5 Å². The van der Waals surface area contributed by atoms with Gasteiger partial charge in [-0.15, -0.1) is 0 Å². The summed E-state index contributed by atoms with van der Waals surface area (Å²) in [5, 5.41) is 11.2. The fourth-order valence-corrected chi connectivity index (χ4v) is 1.57. The highest BCUT2D eigenvalue weighted by Crippen LogP contribution is 2.20. The zero-order chi connectivity index (χ0) is 14.2. The minimum atomic E-state index is -0.617. The average molecular weight is 263 g/mol. The summed E-state index contributed by atoms with van der Waals surface area (Å²) in [5.41, 5.74) is -0.400. The van der Waals surface area contributed by atoms with Crippen molar-refractivity contribution in [3.05, 3.63) is 34.6 Å². The Morgan fingerprint density at radius 2 is 2.16 bits per heavy atom. The number of hydrogen-bond acceptors (Lipinski definition) is 5. The number of nitrogens with zero attached hydrogens (tertiary/aromatic N) is 3. The van der Waals surface area contributed by atoms with Gasteiger partial charge in [0.25, 0.3) is 5.69 Å². The first-order valence-electron chi connectivity index (χ1n) is 5.63. The molecule has 0 radical (unpaired) electrons. The molecule has 0 atom stereocenters. The highest BCUT2D eigenvalue weighted by Gasteiger charge is 2.20. The molecule has 2 rings (SSSR count). The fourth-order valence-electron chi connectivity index (χ4n) is 1.57. The summed E-state index contributed by atoms with van der Waals surface area (Å²) in [4.78, 5) is 26.0. The first-order chi connectivity index (χ1) is 8.78. The summed E-state index contributed by atoms with van der Waals surface area (Å²) in [6.07, 6.45) is 2.03. The van der Waals surface area contributed by atoms with Gasteiger partial charge in [-0.25, -0.2) is 14.3 Å². The molecular weight excluding hydrogens is 250 g/mol. The number of pyridine rings is 1. The summed E-state index contributed by atoms with van der Waals surface area (Å²) < 4.78 is 6.44. The van der Waals surface area contributed by atoms with E-state index in [-0.39, 0.29) is 5.69 Å². The molecule has 100 valence electrons. The minimum absolute atomic E-state index is 0.116. The Balaban J connectivity index is 2.41. The Bertz CT molecular complexity index is 655. The summed E-state index contributed by atoms with van der Waals surface area (Å²) >= 11 is 0. The SMILES string of the molecule is CC(C)(C)OC(=O)n1ccc2cc([N+](=O)[O-])cnc21. The molecule has 0 bridgehead atoms. The maximum atomic E-state index is 11.9. The normalized spacial score (nSPS) is 11.5. The fraction of sp³-hybridized carbons (Fsp3) is 0.333. The molecule has 0 aromatic carbocycles. The van der Waals surface area contributed by atoms with E-state index in [1.807, 2.05) is 0 Å². The maximum Gasteiger partial charge on any atom is 0.420 e. The van der Waals surface area contributed by atoms with E-state index in [1.54, 1.807) is 26.8 Å². The van der Waals surface area contributed by atoms with Crippen molar-refractivity contribution in [3.63, 3.8) is 0 Å². The number of nitro groups is 1. The highest BCUT2D eigenvalue weighted by molar-refractivity contribution is 5.87. The molecule has 0 aliphatic rings. The Morgan fingerprint density at radius 1 is 1.47 bits per heavy atom. The third-order valence-corrected chi connectivity index (χ3v) is 2.31. The van der Waals surface area contributed by atoms with E-state index < -0.39 is 16.6 Å². The lowest BCUT2D eigenvalue weighted by Gasteiger charge is -2.19. The van der Waals surface area contributed by atoms with Gasteiger partial charge in [0.05, 0.1) is 4.92 Å². The van der Waals surface area contributed by atoms with Crippen LogP contribution in [0.3, 0.4) is 0 Å². The smallest absolute Gasteiger partial charge is 0.420 e. The van der Waals surface area contributed by atoms with Gasteiger partial charge in [-0.2, -0.15) is 0 Å². The van der Waals surface area contributed by atoms with Crippen LogP contribution in [-0.4, -0.2) is 26.2 Å². The Labute approximate surface area is 109 Å². The van der Waals surface area contributed by atoms with Crippen LogP contribution in [0.25, 0.3) is 11.0 Å². The van der Waals surface area contributed by atoms with Crippen LogP contribution in [-0.2, 0) is 4.74 Å². The molecule has 0 unspecified atom stereocenters. The van der Waals surface area contributed by atoms with E-state index in [2.05, 4.69) is 4.98 Å². The Kier molecular flexibility index (Phi) is 2.97. The number of ether oxygens (including phenoxy) is 1. The molecule has 7 heteroatoms. The van der Waals surface area contributed by atoms with Gasteiger partial charge in [0.1, 0.15) is 17.4 Å². The van der Waals surface area contributed by atoms with Gasteiger partial charge in [-0.3, -0.25) is 10.1 Å². The Morgan fingerprint density at radius 3 is 2.74 bits per heavy atom. The van der Waals surface area contributed by atoms with Crippen molar-refractivity contribution in [1.82, 2.24) is 9.55 Å². The van der Waals surface area contributed by atoms with Gasteiger partial charge in [0.2, 0.25) is 0 Å². The second kappa shape index (κ2) is 4.34. The van der Waals surface area contributed by atoms with Crippen molar-refractivity contribution in [2.45, 2.75) is 26.4 Å². The van der Waals surface area contributed by atoms with Gasteiger partial charge in [-0.05, 0) is 26.8 Å². The molecule has 0 N–H and O–H groups in total. The van der Waals surface area contributed by atoms with Crippen LogP contribution in [0.2, 0.25) is 0 Å². The van der Waals surface area contributed by atoms with Gasteiger partial charge in [0.15, 0.2) is 0 Å². The Hall–Kier alpha value is -2.44. The standard InChI is InChI=1S/C12H13N3O4/c1-12(2,3)19-11(16)14-5-4-8-6-9(15(17)18)7-13-10(8)14/h4-7H,1-3H3. The molecule has 2 aromatic heterocycles. The van der Waals surface area contributed by atoms with Crippen LogP contribution < -0.4 is 0 Å². The summed E-state index contributed by atoms with van der Waals surface area (Å²) in [6, 6.07) is 2.95. The molecule has 7 nitrogen and oxygen atoms in total. The minimum Gasteiger partial charge on any atom is -0.443 e.